The van der Waals surface area contributed by atoms with E-state index in [-0.39, 0.29) is 23.0 Å². The first-order valence-corrected chi connectivity index (χ1v) is 14.1. The lowest BCUT2D eigenvalue weighted by atomic mass is 9.86. The number of piperidine rings is 1. The van der Waals surface area contributed by atoms with Crippen molar-refractivity contribution in [1.29, 1.82) is 5.26 Å². The van der Waals surface area contributed by atoms with Crippen molar-refractivity contribution in [2.75, 3.05) is 12.3 Å². The molecule has 10 nitrogen and oxygen atoms in total. The standard InChI is InChI=1S/C26H34N6O4S/c1-7-37(35,36)31-22(25(2,3)4)24(34)32-14-17-19(26(17,5)6)21(32)23(33)30-18(11-27)16-13-28-12-15-9-8-10-29-20(15)16/h8-10,12-13,17-19,21-22,31H,7,14H2,1-6H3,(H,30,33)/t17-,18?,19-,21-,22?/m0/s1. The zero-order valence-electron chi connectivity index (χ0n) is 22.0. The minimum atomic E-state index is -3.67. The van der Waals surface area contributed by atoms with Crippen LogP contribution in [0.5, 0.6) is 0 Å². The number of nitrogens with zero attached hydrogens (tertiary/aromatic N) is 4. The van der Waals surface area contributed by atoms with Gasteiger partial charge in [0, 0.05) is 36.1 Å². The second-order valence-corrected chi connectivity index (χ2v) is 13.6. The normalized spacial score (nSPS) is 24.1. The van der Waals surface area contributed by atoms with E-state index in [2.05, 4.69) is 39.9 Å². The number of hydrogen-bond donors (Lipinski definition) is 2. The Kier molecular flexibility index (Phi) is 6.80. The predicted molar refractivity (Wildman–Crippen MR) is 138 cm³/mol. The fraction of sp³-hybridized carbons (Fsp3) is 0.577. The van der Waals surface area contributed by atoms with E-state index in [1.807, 2.05) is 6.07 Å². The molecule has 2 unspecified atom stereocenters. The minimum Gasteiger partial charge on any atom is -0.335 e. The molecule has 3 heterocycles. The highest BCUT2D eigenvalue weighted by Gasteiger charge is 2.69. The van der Waals surface area contributed by atoms with Crippen molar-refractivity contribution >= 4 is 32.7 Å². The second-order valence-electron chi connectivity index (χ2n) is 11.6. The Bertz CT molecular complexity index is 1370. The first kappa shape index (κ1) is 26.9. The van der Waals surface area contributed by atoms with Crippen molar-refractivity contribution < 1.29 is 18.0 Å². The van der Waals surface area contributed by atoms with Gasteiger partial charge in [-0.3, -0.25) is 19.6 Å². The number of carbonyl (C=O) groups is 2. The Balaban J connectivity index is 1.65. The van der Waals surface area contributed by atoms with Crippen molar-refractivity contribution in [3.8, 4) is 6.07 Å². The molecule has 5 atom stereocenters. The maximum atomic E-state index is 13.8. The van der Waals surface area contributed by atoms with E-state index in [0.29, 0.717) is 17.6 Å². The topological polar surface area (TPSA) is 145 Å². The number of aromatic nitrogens is 2. The predicted octanol–water partition coefficient (Wildman–Crippen LogP) is 2.15. The maximum Gasteiger partial charge on any atom is 0.244 e. The highest BCUT2D eigenvalue weighted by Crippen LogP contribution is 2.65. The van der Waals surface area contributed by atoms with Crippen molar-refractivity contribution in [3.05, 3.63) is 36.3 Å². The van der Waals surface area contributed by atoms with Crippen LogP contribution in [-0.4, -0.2) is 59.5 Å². The van der Waals surface area contributed by atoms with Crippen LogP contribution >= 0.6 is 0 Å². The number of nitriles is 1. The van der Waals surface area contributed by atoms with Gasteiger partial charge in [-0.15, -0.1) is 0 Å². The average molecular weight is 527 g/mol. The smallest absolute Gasteiger partial charge is 0.244 e. The van der Waals surface area contributed by atoms with Crippen LogP contribution in [0.15, 0.2) is 30.7 Å². The molecule has 198 valence electrons. The van der Waals surface area contributed by atoms with E-state index in [4.69, 9.17) is 0 Å². The fourth-order valence-corrected chi connectivity index (χ4v) is 6.46. The Morgan fingerprint density at radius 3 is 2.62 bits per heavy atom. The molecule has 1 aliphatic carbocycles. The first-order valence-electron chi connectivity index (χ1n) is 12.4. The Morgan fingerprint density at radius 2 is 2.00 bits per heavy atom. The zero-order chi connectivity index (χ0) is 27.3. The average Bonchev–Trinajstić information content (AvgIpc) is 3.17. The van der Waals surface area contributed by atoms with Gasteiger partial charge in [0.2, 0.25) is 21.8 Å². The van der Waals surface area contributed by atoms with Crippen LogP contribution in [0.3, 0.4) is 0 Å². The summed E-state index contributed by atoms with van der Waals surface area (Å²) in [4.78, 5) is 37.6. The Labute approximate surface area is 217 Å². The van der Waals surface area contributed by atoms with Gasteiger partial charge >= 0.3 is 0 Å². The van der Waals surface area contributed by atoms with Crippen LogP contribution in [0.2, 0.25) is 0 Å². The lowest BCUT2D eigenvalue weighted by molar-refractivity contribution is -0.143. The molecular formula is C26H34N6O4S. The molecule has 0 aromatic carbocycles. The summed E-state index contributed by atoms with van der Waals surface area (Å²) in [7, 11) is -3.67. The molecule has 1 saturated heterocycles. The highest BCUT2D eigenvalue weighted by molar-refractivity contribution is 7.89. The van der Waals surface area contributed by atoms with Crippen LogP contribution in [0, 0.1) is 34.0 Å². The number of hydrogen-bond acceptors (Lipinski definition) is 7. The monoisotopic (exact) mass is 526 g/mol. The van der Waals surface area contributed by atoms with Gasteiger partial charge in [-0.2, -0.15) is 5.26 Å². The van der Waals surface area contributed by atoms with Crippen LogP contribution in [0.1, 0.15) is 53.1 Å². The van der Waals surface area contributed by atoms with Crippen LogP contribution in [0.4, 0.5) is 0 Å². The quantitative estimate of drug-likeness (QED) is 0.562. The molecule has 0 radical (unpaired) electrons. The summed E-state index contributed by atoms with van der Waals surface area (Å²) in [6.07, 6.45) is 4.77. The van der Waals surface area contributed by atoms with Crippen molar-refractivity contribution in [2.24, 2.45) is 22.7 Å². The fourth-order valence-electron chi connectivity index (χ4n) is 5.48. The number of carbonyl (C=O) groups excluding carboxylic acids is 2. The molecule has 1 saturated carbocycles. The van der Waals surface area contributed by atoms with Gasteiger partial charge in [0.25, 0.3) is 0 Å². The second kappa shape index (κ2) is 9.33. The molecule has 2 fully saturated rings. The summed E-state index contributed by atoms with van der Waals surface area (Å²) in [5.41, 5.74) is 0.164. The summed E-state index contributed by atoms with van der Waals surface area (Å²) in [5.74, 6) is -1.03. The molecule has 0 spiro atoms. The lowest BCUT2D eigenvalue weighted by Crippen LogP contribution is -2.59. The highest BCUT2D eigenvalue weighted by atomic mass is 32.2. The zero-order valence-corrected chi connectivity index (χ0v) is 22.8. The Morgan fingerprint density at radius 1 is 1.30 bits per heavy atom. The molecule has 11 heteroatoms. The summed E-state index contributed by atoms with van der Waals surface area (Å²) in [6.45, 7) is 11.3. The molecule has 37 heavy (non-hydrogen) atoms. The van der Waals surface area contributed by atoms with E-state index in [9.17, 15) is 23.3 Å². The number of nitrogens with one attached hydrogen (secondary N) is 2. The SMILES string of the molecule is CCS(=O)(=O)NC(C(=O)N1C[C@H]2[C@@H]([C@H]1C(=O)NC(C#N)c1cncc3cccnc13)C2(C)C)C(C)(C)C. The van der Waals surface area contributed by atoms with E-state index >= 15 is 0 Å². The van der Waals surface area contributed by atoms with E-state index in [1.165, 1.54) is 18.0 Å². The van der Waals surface area contributed by atoms with Gasteiger partial charge < -0.3 is 10.2 Å². The van der Waals surface area contributed by atoms with Gasteiger partial charge in [-0.1, -0.05) is 34.6 Å². The lowest BCUT2D eigenvalue weighted by Gasteiger charge is -2.37. The maximum absolute atomic E-state index is 13.8. The molecule has 4 rings (SSSR count). The summed E-state index contributed by atoms with van der Waals surface area (Å²) >= 11 is 0. The van der Waals surface area contributed by atoms with E-state index in [0.717, 1.165) is 5.39 Å². The van der Waals surface area contributed by atoms with Crippen LogP contribution < -0.4 is 10.0 Å². The number of pyridine rings is 2. The molecular weight excluding hydrogens is 492 g/mol. The summed E-state index contributed by atoms with van der Waals surface area (Å²) < 4.78 is 27.4. The third-order valence-corrected chi connectivity index (χ3v) is 9.17. The Hall–Kier alpha value is -3.10. The molecule has 2 aliphatic rings. The number of fused-ring (bicyclic) bond motifs is 2. The van der Waals surface area contributed by atoms with Gasteiger partial charge in [-0.25, -0.2) is 13.1 Å². The minimum absolute atomic E-state index is 0.0945. The van der Waals surface area contributed by atoms with Crippen molar-refractivity contribution in [2.45, 2.75) is 59.7 Å². The van der Waals surface area contributed by atoms with Crippen LogP contribution in [-0.2, 0) is 19.6 Å². The molecule has 2 aromatic heterocycles. The van der Waals surface area contributed by atoms with Gasteiger partial charge in [-0.05, 0) is 41.7 Å². The molecule has 0 bridgehead atoms. The van der Waals surface area contributed by atoms with Gasteiger partial charge in [0.05, 0.1) is 17.3 Å². The first-order chi connectivity index (χ1) is 17.2. The molecule has 1 aliphatic heterocycles. The van der Waals surface area contributed by atoms with Gasteiger partial charge in [0.15, 0.2) is 0 Å². The summed E-state index contributed by atoms with van der Waals surface area (Å²) in [6, 6.07) is 2.85. The van der Waals surface area contributed by atoms with Crippen LogP contribution in [0.25, 0.3) is 10.9 Å². The largest absolute Gasteiger partial charge is 0.335 e. The molecule has 2 N–H and O–H groups in total. The molecule has 2 amide bonds. The number of rotatable bonds is 7. The van der Waals surface area contributed by atoms with E-state index in [1.54, 1.807) is 39.2 Å². The van der Waals surface area contributed by atoms with E-state index < -0.39 is 45.4 Å². The third-order valence-electron chi connectivity index (χ3n) is 7.82. The number of amides is 2. The van der Waals surface area contributed by atoms with Crippen molar-refractivity contribution in [3.63, 3.8) is 0 Å². The number of sulfonamides is 1. The third kappa shape index (κ3) is 4.92. The molecule has 2 aromatic rings. The summed E-state index contributed by atoms with van der Waals surface area (Å²) in [5, 5.41) is 13.5. The van der Waals surface area contributed by atoms with Gasteiger partial charge in [0.1, 0.15) is 18.1 Å². The van der Waals surface area contributed by atoms with Crippen molar-refractivity contribution in [1.82, 2.24) is 24.9 Å². The number of likely N-dealkylation sites (tertiary alicyclic amines) is 1.